The summed E-state index contributed by atoms with van der Waals surface area (Å²) in [6.07, 6.45) is 1.63. The molecule has 0 saturated carbocycles. The SMILES string of the molecule is CC(C)(C)SSCO[C@H]1C[C@H](n2c[nH+]c3c(=O)[nH]c(N)nc32)O[C@@H]1CO[Si](C)(C)C(C)(C)C.[I-]. The van der Waals surface area contributed by atoms with E-state index in [1.165, 1.54) is 0 Å². The summed E-state index contributed by atoms with van der Waals surface area (Å²) in [6, 6.07) is 0. The van der Waals surface area contributed by atoms with E-state index in [-0.39, 0.29) is 63.7 Å². The Morgan fingerprint density at radius 1 is 1.32 bits per heavy atom. The fraction of sp³-hybridized carbons (Fsp3) is 0.762. The van der Waals surface area contributed by atoms with Gasteiger partial charge in [-0.05, 0) is 18.1 Å². The number of nitrogen functional groups attached to an aromatic ring is 1. The van der Waals surface area contributed by atoms with Crippen LogP contribution in [0, 0.1) is 0 Å². The summed E-state index contributed by atoms with van der Waals surface area (Å²) < 4.78 is 21.1. The van der Waals surface area contributed by atoms with Crippen LogP contribution < -0.4 is 40.3 Å². The maximum Gasteiger partial charge on any atom is 0.304 e. The molecule has 194 valence electrons. The minimum absolute atomic E-state index is 0. The third-order valence-corrected chi connectivity index (χ3v) is 13.5. The van der Waals surface area contributed by atoms with Gasteiger partial charge in [-0.15, -0.1) is 0 Å². The minimum Gasteiger partial charge on any atom is -1.00 e. The van der Waals surface area contributed by atoms with Crippen molar-refractivity contribution in [2.45, 2.75) is 89.3 Å². The van der Waals surface area contributed by atoms with Crippen LogP contribution >= 0.6 is 21.6 Å². The first-order chi connectivity index (χ1) is 15.2. The summed E-state index contributed by atoms with van der Waals surface area (Å²) in [5.41, 5.74) is 6.29. The van der Waals surface area contributed by atoms with Crippen LogP contribution in [-0.4, -0.2) is 52.4 Å². The molecule has 0 unspecified atom stereocenters. The van der Waals surface area contributed by atoms with E-state index in [0.717, 1.165) is 0 Å². The first kappa shape index (κ1) is 29.9. The van der Waals surface area contributed by atoms with Crippen molar-refractivity contribution in [1.82, 2.24) is 14.5 Å². The molecule has 1 aliphatic heterocycles. The molecule has 3 rings (SSSR count). The Labute approximate surface area is 227 Å². The lowest BCUT2D eigenvalue weighted by molar-refractivity contribution is -0.348. The van der Waals surface area contributed by atoms with Gasteiger partial charge >= 0.3 is 5.56 Å². The number of halogens is 1. The molecule has 3 heterocycles. The van der Waals surface area contributed by atoms with Gasteiger partial charge in [-0.3, -0.25) is 9.78 Å². The smallest absolute Gasteiger partial charge is 0.304 e. The fourth-order valence-electron chi connectivity index (χ4n) is 3.23. The summed E-state index contributed by atoms with van der Waals surface area (Å²) in [5.74, 6) is 0.628. The number of nitrogens with zero attached hydrogens (tertiary/aromatic N) is 2. The molecular weight excluding hydrogens is 605 g/mol. The molecule has 2 aromatic rings. The number of imidazole rings is 1. The standard InChI is InChI=1S/C21H37N5O4S2Si.HI/c1-20(2,3)32-31-12-28-13-9-15(30-14(13)10-29-33(7,8)21(4,5)6)26-11-23-16-17(26)24-19(22)25-18(16)27;/h11,13-15H,9-10,12H2,1-8H3,(H3,22,24,25,27);1H/t13-,14+,15+;/m0./s1. The normalized spacial score (nSPS) is 21.7. The van der Waals surface area contributed by atoms with Gasteiger partial charge in [-0.25, -0.2) is 4.98 Å². The molecule has 4 N–H and O–H groups in total. The number of anilines is 1. The Hall–Kier alpha value is -0.323. The zero-order valence-corrected chi connectivity index (χ0v) is 26.0. The molecule has 13 heteroatoms. The number of rotatable bonds is 8. The third-order valence-electron chi connectivity index (χ3n) is 6.06. The quantitative estimate of drug-likeness (QED) is 0.144. The Morgan fingerprint density at radius 3 is 2.62 bits per heavy atom. The lowest BCUT2D eigenvalue weighted by Crippen LogP contribution is -3.00. The molecule has 0 aliphatic carbocycles. The van der Waals surface area contributed by atoms with Crippen LogP contribution in [0.15, 0.2) is 11.1 Å². The molecule has 1 fully saturated rings. The van der Waals surface area contributed by atoms with E-state index in [1.807, 2.05) is 4.57 Å². The van der Waals surface area contributed by atoms with Gasteiger partial charge < -0.3 is 43.6 Å². The molecule has 9 nitrogen and oxygen atoms in total. The summed E-state index contributed by atoms with van der Waals surface area (Å²) in [4.78, 5) is 22.0. The molecule has 34 heavy (non-hydrogen) atoms. The van der Waals surface area contributed by atoms with Crippen LogP contribution in [0.1, 0.15) is 54.2 Å². The maximum absolute atomic E-state index is 12.2. The van der Waals surface area contributed by atoms with Crippen LogP contribution in [0.2, 0.25) is 18.1 Å². The topological polar surface area (TPSA) is 119 Å². The van der Waals surface area contributed by atoms with Crippen molar-refractivity contribution in [3.8, 4) is 0 Å². The zero-order valence-electron chi connectivity index (χ0n) is 21.2. The highest BCUT2D eigenvalue weighted by Crippen LogP contribution is 2.40. The Morgan fingerprint density at radius 2 is 2.00 bits per heavy atom. The molecule has 0 radical (unpaired) electrons. The number of ether oxygens (including phenoxy) is 2. The second-order valence-electron chi connectivity index (χ2n) is 10.9. The van der Waals surface area contributed by atoms with Crippen LogP contribution in [0.4, 0.5) is 5.95 Å². The third kappa shape index (κ3) is 7.35. The second kappa shape index (κ2) is 11.4. The Balaban J connectivity index is 0.00000408. The lowest BCUT2D eigenvalue weighted by atomic mass is 10.2. The Bertz CT molecular complexity index is 1020. The molecule has 0 amide bonds. The first-order valence-electron chi connectivity index (χ1n) is 11.2. The molecule has 3 atom stereocenters. The maximum atomic E-state index is 12.2. The number of aromatic amines is 2. The Kier molecular flexibility index (Phi) is 10.0. The number of fused-ring (bicyclic) bond motifs is 1. The average Bonchev–Trinajstić information content (AvgIpc) is 3.26. The van der Waals surface area contributed by atoms with E-state index in [2.05, 4.69) is 69.6 Å². The number of hydrogen-bond acceptors (Lipinski definition) is 8. The summed E-state index contributed by atoms with van der Waals surface area (Å²) in [5, 5.41) is 0.106. The fourth-order valence-corrected chi connectivity index (χ4v) is 6.25. The van der Waals surface area contributed by atoms with E-state index in [1.54, 1.807) is 27.9 Å². The highest BCUT2D eigenvalue weighted by Gasteiger charge is 2.44. The van der Waals surface area contributed by atoms with Crippen molar-refractivity contribution in [2.75, 3.05) is 18.3 Å². The molecule has 2 aromatic heterocycles. The van der Waals surface area contributed by atoms with Gasteiger partial charge in [0.2, 0.25) is 18.5 Å². The van der Waals surface area contributed by atoms with Crippen LogP contribution in [-0.2, 0) is 13.9 Å². The van der Waals surface area contributed by atoms with Crippen LogP contribution in [0.3, 0.4) is 0 Å². The number of aromatic nitrogens is 4. The number of nitrogens with two attached hydrogens (primary N) is 1. The molecule has 0 bridgehead atoms. The van der Waals surface area contributed by atoms with Gasteiger partial charge in [-0.2, -0.15) is 9.55 Å². The predicted octanol–water partition coefficient (Wildman–Crippen LogP) is 0.957. The number of hydrogen-bond donors (Lipinski definition) is 2. The van der Waals surface area contributed by atoms with E-state index in [9.17, 15) is 4.79 Å². The predicted molar refractivity (Wildman–Crippen MR) is 138 cm³/mol. The van der Waals surface area contributed by atoms with Crippen LogP contribution in [0.25, 0.3) is 11.2 Å². The first-order valence-corrected chi connectivity index (χ1v) is 16.4. The van der Waals surface area contributed by atoms with Gasteiger partial charge in [0, 0.05) is 11.2 Å². The monoisotopic (exact) mass is 643 g/mol. The highest BCUT2D eigenvalue weighted by atomic mass is 127. The minimum atomic E-state index is -1.94. The van der Waals surface area contributed by atoms with Crippen molar-refractivity contribution in [2.24, 2.45) is 0 Å². The second-order valence-corrected chi connectivity index (χ2v) is 18.8. The van der Waals surface area contributed by atoms with Gasteiger partial charge in [0.1, 0.15) is 12.0 Å². The zero-order chi connectivity index (χ0) is 24.6. The number of nitrogens with one attached hydrogen (secondary N) is 2. The van der Waals surface area contributed by atoms with Gasteiger partial charge in [0.25, 0.3) is 11.2 Å². The van der Waals surface area contributed by atoms with Crippen molar-refractivity contribution in [3.05, 3.63) is 16.7 Å². The summed E-state index contributed by atoms with van der Waals surface area (Å²) >= 11 is 0. The largest absolute Gasteiger partial charge is 1.00 e. The molecular formula is C21H38IN5O4S2Si. The van der Waals surface area contributed by atoms with Crippen molar-refractivity contribution in [1.29, 1.82) is 0 Å². The van der Waals surface area contributed by atoms with Crippen LogP contribution in [0.5, 0.6) is 0 Å². The van der Waals surface area contributed by atoms with E-state index >= 15 is 0 Å². The average molecular weight is 644 g/mol. The van der Waals surface area contributed by atoms with E-state index < -0.39 is 8.32 Å². The molecule has 1 aliphatic rings. The van der Waals surface area contributed by atoms with Crippen molar-refractivity contribution in [3.63, 3.8) is 0 Å². The van der Waals surface area contributed by atoms with E-state index in [4.69, 9.17) is 19.6 Å². The number of H-pyrrole nitrogens is 2. The molecule has 0 spiro atoms. The summed E-state index contributed by atoms with van der Waals surface area (Å²) in [7, 11) is 1.55. The summed E-state index contributed by atoms with van der Waals surface area (Å²) in [6.45, 7) is 18.2. The molecule has 1 saturated heterocycles. The van der Waals surface area contributed by atoms with Gasteiger partial charge in [0.05, 0.1) is 12.7 Å². The van der Waals surface area contributed by atoms with Gasteiger partial charge in [-0.1, -0.05) is 63.1 Å². The molecule has 0 aromatic carbocycles. The van der Waals surface area contributed by atoms with Crippen molar-refractivity contribution >= 4 is 47.0 Å². The lowest BCUT2D eigenvalue weighted by Gasteiger charge is -2.37. The van der Waals surface area contributed by atoms with Gasteiger partial charge in [0.15, 0.2) is 8.32 Å². The highest BCUT2D eigenvalue weighted by molar-refractivity contribution is 8.77. The van der Waals surface area contributed by atoms with E-state index in [0.29, 0.717) is 30.1 Å². The van der Waals surface area contributed by atoms with Crippen molar-refractivity contribution < 1.29 is 42.9 Å².